The van der Waals surface area contributed by atoms with Crippen LogP contribution in [0.5, 0.6) is 0 Å². The first kappa shape index (κ1) is 23.1. The van der Waals surface area contributed by atoms with Gasteiger partial charge in [-0.25, -0.2) is 9.18 Å². The van der Waals surface area contributed by atoms with E-state index in [1.165, 1.54) is 12.1 Å². The molecule has 1 aliphatic rings. The van der Waals surface area contributed by atoms with Gasteiger partial charge >= 0.3 is 12.2 Å². The Labute approximate surface area is 180 Å². The molecule has 0 saturated carbocycles. The number of nitrogens with zero attached hydrogens (tertiary/aromatic N) is 4. The number of alkyl halides is 3. The number of urea groups is 1. The number of hydrogen-bond acceptors (Lipinski definition) is 5. The number of carbonyl (C=O) groups excluding carboxylic acids is 3. The first-order valence-electron chi connectivity index (χ1n) is 9.63. The van der Waals surface area contributed by atoms with E-state index in [-0.39, 0.29) is 37.1 Å². The van der Waals surface area contributed by atoms with Crippen LogP contribution < -0.4 is 10.2 Å². The second kappa shape index (κ2) is 8.89. The average Bonchev–Trinajstić information content (AvgIpc) is 2.72. The van der Waals surface area contributed by atoms with E-state index in [9.17, 15) is 31.9 Å². The van der Waals surface area contributed by atoms with Crippen molar-refractivity contribution in [3.05, 3.63) is 53.0 Å². The van der Waals surface area contributed by atoms with Crippen molar-refractivity contribution in [3.8, 4) is 0 Å². The molecular formula is C20H19F4N5O3. The van der Waals surface area contributed by atoms with E-state index in [2.05, 4.69) is 15.5 Å². The Morgan fingerprint density at radius 1 is 1.09 bits per heavy atom. The van der Waals surface area contributed by atoms with Crippen LogP contribution in [-0.4, -0.2) is 52.1 Å². The minimum absolute atomic E-state index is 0.00872. The third-order valence-corrected chi connectivity index (χ3v) is 4.57. The van der Waals surface area contributed by atoms with Crippen molar-refractivity contribution in [1.82, 2.24) is 20.4 Å². The van der Waals surface area contributed by atoms with Crippen LogP contribution in [-0.2, 0) is 6.18 Å². The average molecular weight is 453 g/mol. The van der Waals surface area contributed by atoms with Crippen molar-refractivity contribution in [1.29, 1.82) is 0 Å². The Hall–Kier alpha value is -3.57. The molecule has 0 unspecified atom stereocenters. The molecule has 1 aromatic carbocycles. The smallest absolute Gasteiger partial charge is 0.348 e. The molecule has 1 saturated heterocycles. The van der Waals surface area contributed by atoms with Crippen LogP contribution in [0.25, 0.3) is 0 Å². The molecule has 2 aromatic rings. The number of halogens is 4. The van der Waals surface area contributed by atoms with Crippen LogP contribution in [0.2, 0.25) is 0 Å². The van der Waals surface area contributed by atoms with Crippen LogP contribution in [0.15, 0.2) is 30.3 Å². The summed E-state index contributed by atoms with van der Waals surface area (Å²) in [5, 5.41) is 10.2. The summed E-state index contributed by atoms with van der Waals surface area (Å²) in [6, 6.07) is 3.14. The van der Waals surface area contributed by atoms with Crippen molar-refractivity contribution in [3.63, 3.8) is 0 Å². The highest BCUT2D eigenvalue weighted by molar-refractivity contribution is 6.09. The van der Waals surface area contributed by atoms with Gasteiger partial charge in [0.1, 0.15) is 5.82 Å². The van der Waals surface area contributed by atoms with E-state index in [0.717, 1.165) is 4.90 Å². The SMILES string of the molecule is CC(C)NC(=O)c1ccc(N2CCCN(C(=O)c3cc(F)ccc3C(F)(F)F)C2=O)nn1. The normalized spacial score (nSPS) is 14.7. The third kappa shape index (κ3) is 4.84. The number of carbonyl (C=O) groups is 3. The molecule has 0 bridgehead atoms. The van der Waals surface area contributed by atoms with Crippen LogP contribution in [0, 0.1) is 5.82 Å². The zero-order chi connectivity index (χ0) is 23.6. The van der Waals surface area contributed by atoms with Gasteiger partial charge < -0.3 is 5.32 Å². The first-order chi connectivity index (χ1) is 15.0. The second-order valence-corrected chi connectivity index (χ2v) is 7.34. The van der Waals surface area contributed by atoms with Gasteiger partial charge in [-0.1, -0.05) is 0 Å². The summed E-state index contributed by atoms with van der Waals surface area (Å²) >= 11 is 0. The van der Waals surface area contributed by atoms with Gasteiger partial charge in [-0.15, -0.1) is 10.2 Å². The van der Waals surface area contributed by atoms with Crippen molar-refractivity contribution in [2.45, 2.75) is 32.5 Å². The topological polar surface area (TPSA) is 95.5 Å². The largest absolute Gasteiger partial charge is 0.417 e. The van der Waals surface area contributed by atoms with E-state index in [1.807, 2.05) is 0 Å². The number of hydrogen-bond donors (Lipinski definition) is 1. The van der Waals surface area contributed by atoms with Gasteiger partial charge in [0, 0.05) is 19.1 Å². The van der Waals surface area contributed by atoms with E-state index in [0.29, 0.717) is 23.1 Å². The molecule has 4 amide bonds. The second-order valence-electron chi connectivity index (χ2n) is 7.34. The molecular weight excluding hydrogens is 434 g/mol. The van der Waals surface area contributed by atoms with Gasteiger partial charge in [0.25, 0.3) is 11.8 Å². The van der Waals surface area contributed by atoms with Gasteiger partial charge in [0.05, 0.1) is 11.1 Å². The van der Waals surface area contributed by atoms with Crippen molar-refractivity contribution in [2.75, 3.05) is 18.0 Å². The number of anilines is 1. The molecule has 0 spiro atoms. The summed E-state index contributed by atoms with van der Waals surface area (Å²) < 4.78 is 53.5. The number of amides is 4. The number of imide groups is 1. The molecule has 3 rings (SSSR count). The molecule has 1 fully saturated rings. The highest BCUT2D eigenvalue weighted by atomic mass is 19.4. The summed E-state index contributed by atoms with van der Waals surface area (Å²) in [5.74, 6) is -2.76. The molecule has 8 nitrogen and oxygen atoms in total. The lowest BCUT2D eigenvalue weighted by atomic mass is 10.0. The molecule has 12 heteroatoms. The van der Waals surface area contributed by atoms with Gasteiger partial charge in [-0.2, -0.15) is 13.2 Å². The Kier molecular flexibility index (Phi) is 6.42. The zero-order valence-corrected chi connectivity index (χ0v) is 17.1. The highest BCUT2D eigenvalue weighted by Gasteiger charge is 2.39. The molecule has 1 aliphatic heterocycles. The van der Waals surface area contributed by atoms with Crippen LogP contribution in [0.3, 0.4) is 0 Å². The van der Waals surface area contributed by atoms with Crippen molar-refractivity contribution < 1.29 is 31.9 Å². The third-order valence-electron chi connectivity index (χ3n) is 4.57. The molecule has 1 N–H and O–H groups in total. The Balaban J connectivity index is 1.85. The molecule has 32 heavy (non-hydrogen) atoms. The number of benzene rings is 1. The number of aromatic nitrogens is 2. The summed E-state index contributed by atoms with van der Waals surface area (Å²) in [6.45, 7) is 3.51. The van der Waals surface area contributed by atoms with Gasteiger partial charge in [-0.3, -0.25) is 19.4 Å². The predicted molar refractivity (Wildman–Crippen MR) is 104 cm³/mol. The maximum Gasteiger partial charge on any atom is 0.417 e. The summed E-state index contributed by atoms with van der Waals surface area (Å²) in [7, 11) is 0. The zero-order valence-electron chi connectivity index (χ0n) is 17.1. The predicted octanol–water partition coefficient (Wildman–Crippen LogP) is 3.25. The van der Waals surface area contributed by atoms with Gasteiger partial charge in [0.2, 0.25) is 0 Å². The van der Waals surface area contributed by atoms with Gasteiger partial charge in [-0.05, 0) is 50.6 Å². The van der Waals surface area contributed by atoms with Crippen LogP contribution >= 0.6 is 0 Å². The lowest BCUT2D eigenvalue weighted by Gasteiger charge is -2.33. The maximum absolute atomic E-state index is 13.6. The quantitative estimate of drug-likeness (QED) is 0.718. The fourth-order valence-corrected chi connectivity index (χ4v) is 3.14. The Morgan fingerprint density at radius 3 is 2.41 bits per heavy atom. The fraction of sp³-hybridized carbons (Fsp3) is 0.350. The maximum atomic E-state index is 13.6. The lowest BCUT2D eigenvalue weighted by molar-refractivity contribution is -0.138. The van der Waals surface area contributed by atoms with E-state index in [4.69, 9.17) is 0 Å². The van der Waals surface area contributed by atoms with E-state index >= 15 is 0 Å². The molecule has 170 valence electrons. The minimum atomic E-state index is -4.91. The number of rotatable bonds is 4. The monoisotopic (exact) mass is 453 g/mol. The molecule has 0 atom stereocenters. The van der Waals surface area contributed by atoms with E-state index in [1.54, 1.807) is 13.8 Å². The highest BCUT2D eigenvalue weighted by Crippen LogP contribution is 2.33. The standard InChI is InChI=1S/C20H19F4N5O3/c1-11(2)25-17(30)15-6-7-16(27-26-15)28-8-3-9-29(19(28)32)18(31)13-10-12(21)4-5-14(13)20(22,23)24/h4-7,10-11H,3,8-9H2,1-2H3,(H,25,30). The summed E-state index contributed by atoms with van der Waals surface area (Å²) in [5.41, 5.74) is -2.29. The minimum Gasteiger partial charge on any atom is -0.348 e. The lowest BCUT2D eigenvalue weighted by Crippen LogP contribution is -2.52. The van der Waals surface area contributed by atoms with Crippen LogP contribution in [0.4, 0.5) is 28.2 Å². The summed E-state index contributed by atoms with van der Waals surface area (Å²) in [4.78, 5) is 39.3. The Morgan fingerprint density at radius 2 is 1.81 bits per heavy atom. The van der Waals surface area contributed by atoms with Crippen molar-refractivity contribution >= 4 is 23.7 Å². The Bertz CT molecular complexity index is 1040. The molecule has 0 radical (unpaired) electrons. The van der Waals surface area contributed by atoms with Gasteiger partial charge in [0.15, 0.2) is 11.5 Å². The first-order valence-corrected chi connectivity index (χ1v) is 9.63. The van der Waals surface area contributed by atoms with Crippen molar-refractivity contribution in [2.24, 2.45) is 0 Å². The molecule has 2 heterocycles. The molecule has 0 aliphatic carbocycles. The van der Waals surface area contributed by atoms with E-state index < -0.39 is 41.0 Å². The molecule has 1 aromatic heterocycles. The number of nitrogens with one attached hydrogen (secondary N) is 1. The fourth-order valence-electron chi connectivity index (χ4n) is 3.14. The summed E-state index contributed by atoms with van der Waals surface area (Å²) in [6.07, 6.45) is -4.67. The van der Waals surface area contributed by atoms with Crippen LogP contribution in [0.1, 0.15) is 46.7 Å².